The summed E-state index contributed by atoms with van der Waals surface area (Å²) in [5, 5.41) is 0.442. The largest absolute Gasteiger partial charge is 0.463 e. The number of halogens is 1. The van der Waals surface area contributed by atoms with Gasteiger partial charge in [0.2, 0.25) is 0 Å². The third-order valence-electron chi connectivity index (χ3n) is 2.04. The van der Waals surface area contributed by atoms with E-state index in [-0.39, 0.29) is 17.2 Å². The fourth-order valence-corrected chi connectivity index (χ4v) is 2.50. The summed E-state index contributed by atoms with van der Waals surface area (Å²) in [6, 6.07) is 5.70. The van der Waals surface area contributed by atoms with E-state index < -0.39 is 16.0 Å². The van der Waals surface area contributed by atoms with Crippen molar-refractivity contribution >= 4 is 27.6 Å². The summed E-state index contributed by atoms with van der Waals surface area (Å²) in [4.78, 5) is 11.2. The van der Waals surface area contributed by atoms with Crippen molar-refractivity contribution in [2.24, 2.45) is 0 Å². The van der Waals surface area contributed by atoms with E-state index in [2.05, 4.69) is 9.46 Å². The highest BCUT2D eigenvalue weighted by Crippen LogP contribution is 2.14. The van der Waals surface area contributed by atoms with Gasteiger partial charge in [-0.05, 0) is 38.1 Å². The van der Waals surface area contributed by atoms with Gasteiger partial charge in [0.1, 0.15) is 0 Å². The lowest BCUT2D eigenvalue weighted by Crippen LogP contribution is -2.22. The van der Waals surface area contributed by atoms with Crippen LogP contribution in [0.3, 0.4) is 0 Å². The van der Waals surface area contributed by atoms with Gasteiger partial charge in [0.15, 0.2) is 0 Å². The molecule has 0 aliphatic heterocycles. The number of allylic oxidation sites excluding steroid dienone is 1. The van der Waals surface area contributed by atoms with Crippen molar-refractivity contribution in [3.8, 4) is 0 Å². The average Bonchev–Trinajstić information content (AvgIpc) is 2.28. The number of hydrogen-bond acceptors (Lipinski definition) is 4. The number of carbonyl (C=O) groups is 1. The molecule has 0 radical (unpaired) electrons. The zero-order chi connectivity index (χ0) is 14.5. The first-order valence-electron chi connectivity index (χ1n) is 5.48. The second-order valence-corrected chi connectivity index (χ2v) is 5.76. The molecule has 1 N–H and O–H groups in total. The second kappa shape index (κ2) is 6.58. The lowest BCUT2D eigenvalue weighted by molar-refractivity contribution is -0.137. The lowest BCUT2D eigenvalue weighted by Gasteiger charge is -2.08. The van der Waals surface area contributed by atoms with Gasteiger partial charge in [0, 0.05) is 16.8 Å². The zero-order valence-corrected chi connectivity index (χ0v) is 12.1. The smallest absolute Gasteiger partial charge is 0.332 e. The summed E-state index contributed by atoms with van der Waals surface area (Å²) < 4.78 is 30.8. The fourth-order valence-electron chi connectivity index (χ4n) is 1.27. The maximum absolute atomic E-state index is 11.9. The minimum absolute atomic E-state index is 0.0634. The molecule has 1 aromatic rings. The second-order valence-electron chi connectivity index (χ2n) is 3.64. The molecule has 104 valence electrons. The molecule has 0 atom stereocenters. The fraction of sp³-hybridized carbons (Fsp3) is 0.250. The molecule has 0 fully saturated rings. The first kappa shape index (κ1) is 15.5. The Hall–Kier alpha value is -1.53. The van der Waals surface area contributed by atoms with Crippen LogP contribution >= 0.6 is 11.6 Å². The quantitative estimate of drug-likeness (QED) is 0.668. The molecular weight excluding hydrogens is 290 g/mol. The molecule has 0 aliphatic rings. The molecule has 0 amide bonds. The molecule has 0 aromatic heterocycles. The van der Waals surface area contributed by atoms with Crippen molar-refractivity contribution < 1.29 is 17.9 Å². The topological polar surface area (TPSA) is 72.5 Å². The predicted octanol–water partition coefficient (Wildman–Crippen LogP) is 2.09. The van der Waals surface area contributed by atoms with E-state index in [9.17, 15) is 13.2 Å². The summed E-state index contributed by atoms with van der Waals surface area (Å²) in [6.45, 7) is 3.36. The van der Waals surface area contributed by atoms with Crippen LogP contribution in [0.15, 0.2) is 40.9 Å². The van der Waals surface area contributed by atoms with Crippen LogP contribution < -0.4 is 4.72 Å². The number of ether oxygens (including phenoxy) is 1. The number of carbonyl (C=O) groups excluding carboxylic acids is 1. The summed E-state index contributed by atoms with van der Waals surface area (Å²) in [6.07, 6.45) is 1.08. The Morgan fingerprint density at radius 3 is 2.47 bits per heavy atom. The SMILES string of the molecule is CCOC(=O)C=C(C)NS(=O)(=O)c1ccc(Cl)cc1. The van der Waals surface area contributed by atoms with Crippen LogP contribution in [0.1, 0.15) is 13.8 Å². The molecule has 0 spiro atoms. The molecule has 5 nitrogen and oxygen atoms in total. The van der Waals surface area contributed by atoms with E-state index in [1.807, 2.05) is 0 Å². The third-order valence-corrected chi connectivity index (χ3v) is 3.78. The Kier molecular flexibility index (Phi) is 5.38. The normalized spacial score (nSPS) is 12.1. The van der Waals surface area contributed by atoms with Gasteiger partial charge >= 0.3 is 5.97 Å². The van der Waals surface area contributed by atoms with Crippen LogP contribution in [0.4, 0.5) is 0 Å². The van der Waals surface area contributed by atoms with E-state index >= 15 is 0 Å². The van der Waals surface area contributed by atoms with Crippen LogP contribution in [-0.4, -0.2) is 21.0 Å². The third kappa shape index (κ3) is 4.92. The molecule has 0 unspecified atom stereocenters. The van der Waals surface area contributed by atoms with Gasteiger partial charge in [-0.1, -0.05) is 11.6 Å². The van der Waals surface area contributed by atoms with Crippen LogP contribution in [0.2, 0.25) is 5.02 Å². The number of benzene rings is 1. The predicted molar refractivity (Wildman–Crippen MR) is 72.2 cm³/mol. The molecule has 0 heterocycles. The number of rotatable bonds is 5. The van der Waals surface area contributed by atoms with E-state index in [4.69, 9.17) is 11.6 Å². The molecule has 19 heavy (non-hydrogen) atoms. The van der Waals surface area contributed by atoms with E-state index in [1.165, 1.54) is 31.2 Å². The van der Waals surface area contributed by atoms with E-state index in [0.717, 1.165) is 6.08 Å². The Morgan fingerprint density at radius 2 is 1.95 bits per heavy atom. The van der Waals surface area contributed by atoms with Gasteiger partial charge in [0.25, 0.3) is 10.0 Å². The van der Waals surface area contributed by atoms with Crippen molar-refractivity contribution in [1.82, 2.24) is 4.72 Å². The van der Waals surface area contributed by atoms with Crippen molar-refractivity contribution in [2.45, 2.75) is 18.7 Å². The monoisotopic (exact) mass is 303 g/mol. The molecular formula is C12H14ClNO4S. The first-order valence-corrected chi connectivity index (χ1v) is 7.34. The van der Waals surface area contributed by atoms with Gasteiger partial charge in [0.05, 0.1) is 11.5 Å². The Labute approximate surface area is 117 Å². The standard InChI is InChI=1S/C12H14ClNO4S/c1-3-18-12(15)8-9(2)14-19(16,17)11-6-4-10(13)5-7-11/h4-8,14H,3H2,1-2H3. The van der Waals surface area contributed by atoms with Crippen molar-refractivity contribution in [2.75, 3.05) is 6.61 Å². The minimum Gasteiger partial charge on any atom is -0.463 e. The molecule has 0 aliphatic carbocycles. The summed E-state index contributed by atoms with van der Waals surface area (Å²) in [5.74, 6) is -0.598. The highest BCUT2D eigenvalue weighted by molar-refractivity contribution is 7.89. The van der Waals surface area contributed by atoms with Crippen LogP contribution in [-0.2, 0) is 19.6 Å². The summed E-state index contributed by atoms with van der Waals surface area (Å²) in [7, 11) is -3.72. The highest BCUT2D eigenvalue weighted by atomic mass is 35.5. The molecule has 0 bridgehead atoms. The van der Waals surface area contributed by atoms with Crippen LogP contribution in [0.25, 0.3) is 0 Å². The molecule has 1 aromatic carbocycles. The maximum Gasteiger partial charge on any atom is 0.332 e. The van der Waals surface area contributed by atoms with Crippen molar-refractivity contribution in [3.63, 3.8) is 0 Å². The minimum atomic E-state index is -3.72. The Balaban J connectivity index is 2.85. The molecule has 0 saturated carbocycles. The number of esters is 1. The summed E-state index contributed by atoms with van der Waals surface area (Å²) >= 11 is 5.68. The molecule has 0 saturated heterocycles. The number of hydrogen-bond donors (Lipinski definition) is 1. The van der Waals surface area contributed by atoms with Gasteiger partial charge in [-0.25, -0.2) is 13.2 Å². The van der Waals surface area contributed by atoms with Crippen LogP contribution in [0, 0.1) is 0 Å². The van der Waals surface area contributed by atoms with Gasteiger partial charge < -0.3 is 4.74 Å². The zero-order valence-electron chi connectivity index (χ0n) is 10.5. The van der Waals surface area contributed by atoms with Gasteiger partial charge in [-0.3, -0.25) is 4.72 Å². The Morgan fingerprint density at radius 1 is 1.37 bits per heavy atom. The first-order chi connectivity index (χ1) is 8.85. The van der Waals surface area contributed by atoms with Crippen molar-refractivity contribution in [1.29, 1.82) is 0 Å². The molecule has 7 heteroatoms. The van der Waals surface area contributed by atoms with Crippen LogP contribution in [0.5, 0.6) is 0 Å². The van der Waals surface area contributed by atoms with Gasteiger partial charge in [-0.15, -0.1) is 0 Å². The van der Waals surface area contributed by atoms with E-state index in [0.29, 0.717) is 5.02 Å². The highest BCUT2D eigenvalue weighted by Gasteiger charge is 2.14. The molecule has 1 rings (SSSR count). The Bertz CT molecular complexity index is 578. The van der Waals surface area contributed by atoms with E-state index in [1.54, 1.807) is 6.92 Å². The van der Waals surface area contributed by atoms with Crippen molar-refractivity contribution in [3.05, 3.63) is 41.1 Å². The van der Waals surface area contributed by atoms with Gasteiger partial charge in [-0.2, -0.15) is 0 Å². The lowest BCUT2D eigenvalue weighted by atomic mass is 10.4. The average molecular weight is 304 g/mol. The summed E-state index contributed by atoms with van der Waals surface area (Å²) in [5.41, 5.74) is 0.174. The number of nitrogens with one attached hydrogen (secondary N) is 1. The number of sulfonamides is 1. The maximum atomic E-state index is 11.9.